The van der Waals surface area contributed by atoms with Crippen molar-refractivity contribution in [3.05, 3.63) is 36.0 Å². The fourth-order valence-corrected chi connectivity index (χ4v) is 1.70. The molecule has 3 nitrogen and oxygen atoms in total. The first kappa shape index (κ1) is 25.3. The van der Waals surface area contributed by atoms with Crippen LogP contribution in [0.1, 0.15) is 68.2 Å². The minimum absolute atomic E-state index is 0.174. The summed E-state index contributed by atoms with van der Waals surface area (Å²) in [4.78, 5) is 22.7. The zero-order valence-corrected chi connectivity index (χ0v) is 15.7. The second-order valence-corrected chi connectivity index (χ2v) is 3.70. The summed E-state index contributed by atoms with van der Waals surface area (Å²) in [6, 6.07) is 0. The van der Waals surface area contributed by atoms with E-state index in [0.29, 0.717) is 12.8 Å². The topological polar surface area (TPSA) is 46.2 Å². The summed E-state index contributed by atoms with van der Waals surface area (Å²) in [6.07, 6.45) is 10.6. The number of hydrogen-bond acceptors (Lipinski definition) is 2. The van der Waals surface area contributed by atoms with E-state index in [1.54, 1.807) is 0 Å². The maximum absolute atomic E-state index is 11.7. The molecule has 128 valence electrons. The summed E-state index contributed by atoms with van der Waals surface area (Å²) in [5.41, 5.74) is 0.950. The van der Waals surface area contributed by atoms with E-state index in [4.69, 9.17) is 0 Å². The van der Waals surface area contributed by atoms with Crippen molar-refractivity contribution in [3.8, 4) is 0 Å². The first-order valence-electron chi connectivity index (χ1n) is 8.48. The molecule has 0 radical (unpaired) electrons. The molecule has 3 heteroatoms. The lowest BCUT2D eigenvalue weighted by molar-refractivity contribution is -0.135. The zero-order chi connectivity index (χ0) is 18.0. The van der Waals surface area contributed by atoms with E-state index >= 15 is 0 Å². The molecule has 1 aliphatic heterocycles. The highest BCUT2D eigenvalue weighted by atomic mass is 16.2. The quantitative estimate of drug-likeness (QED) is 0.575. The molecule has 1 N–H and O–H groups in total. The van der Waals surface area contributed by atoms with Crippen LogP contribution < -0.4 is 5.32 Å². The molecule has 1 saturated heterocycles. The molecule has 2 amide bonds. The van der Waals surface area contributed by atoms with E-state index in [0.717, 1.165) is 5.57 Å². The predicted octanol–water partition coefficient (Wildman–Crippen LogP) is 5.20. The molecule has 0 bridgehead atoms. The Labute approximate surface area is 137 Å². The third kappa shape index (κ3) is 11.1. The molecule has 0 aliphatic carbocycles. The van der Waals surface area contributed by atoms with Crippen LogP contribution in [0, 0.1) is 5.92 Å². The Morgan fingerprint density at radius 3 is 1.95 bits per heavy atom. The lowest BCUT2D eigenvalue weighted by Crippen LogP contribution is -2.41. The highest BCUT2D eigenvalue weighted by Gasteiger charge is 2.27. The Morgan fingerprint density at radius 1 is 1.00 bits per heavy atom. The van der Waals surface area contributed by atoms with Gasteiger partial charge in [0.15, 0.2) is 0 Å². The van der Waals surface area contributed by atoms with Gasteiger partial charge in [-0.1, -0.05) is 71.9 Å². The molecule has 0 aromatic heterocycles. The maximum atomic E-state index is 11.7. The smallest absolute Gasteiger partial charge is 0.234 e. The average Bonchev–Trinajstić information content (AvgIpc) is 2.57. The fourth-order valence-electron chi connectivity index (χ4n) is 1.70. The van der Waals surface area contributed by atoms with Gasteiger partial charge in [-0.25, -0.2) is 0 Å². The van der Waals surface area contributed by atoms with E-state index in [9.17, 15) is 9.59 Å². The molecule has 0 aromatic rings. The molecule has 1 heterocycles. The van der Waals surface area contributed by atoms with Gasteiger partial charge in [-0.15, -0.1) is 0 Å². The summed E-state index contributed by atoms with van der Waals surface area (Å²) in [5, 5.41) is 2.37. The molecule has 0 saturated carbocycles. The number of piperidine rings is 1. The van der Waals surface area contributed by atoms with Crippen LogP contribution in [0.3, 0.4) is 0 Å². The number of nitrogens with one attached hydrogen (secondary N) is 1. The van der Waals surface area contributed by atoms with Crippen molar-refractivity contribution >= 4 is 11.8 Å². The molecule has 0 aromatic carbocycles. The number of amides is 2. The molecule has 1 fully saturated rings. The number of allylic oxidation sites excluding steroid dienone is 5. The Balaban J connectivity index is -0.000000535. The van der Waals surface area contributed by atoms with Gasteiger partial charge in [0.1, 0.15) is 0 Å². The van der Waals surface area contributed by atoms with Crippen LogP contribution in [0.25, 0.3) is 0 Å². The van der Waals surface area contributed by atoms with Crippen LogP contribution >= 0.6 is 0 Å². The highest BCUT2D eigenvalue weighted by Crippen LogP contribution is 2.22. The van der Waals surface area contributed by atoms with Crippen LogP contribution in [0.2, 0.25) is 0 Å². The van der Waals surface area contributed by atoms with E-state index in [-0.39, 0.29) is 17.7 Å². The van der Waals surface area contributed by atoms with Crippen molar-refractivity contribution in [1.82, 2.24) is 5.32 Å². The highest BCUT2D eigenvalue weighted by molar-refractivity contribution is 6.00. The first-order chi connectivity index (χ1) is 10.7. The summed E-state index contributed by atoms with van der Waals surface area (Å²) in [7, 11) is 0. The SMILES string of the molecule is CC.CC.CC.C\C=C/C=C(\C=C/C)C1CCC(=O)NC1=O. The predicted molar refractivity (Wildman–Crippen MR) is 97.6 cm³/mol. The van der Waals surface area contributed by atoms with E-state index in [2.05, 4.69) is 5.32 Å². The Hall–Kier alpha value is -1.64. The molecule has 1 aliphatic rings. The number of imide groups is 1. The Kier molecular flexibility index (Phi) is 22.3. The molecule has 1 unspecified atom stereocenters. The van der Waals surface area contributed by atoms with Crippen LogP contribution in [-0.2, 0) is 9.59 Å². The van der Waals surface area contributed by atoms with Crippen molar-refractivity contribution in [2.45, 2.75) is 68.2 Å². The van der Waals surface area contributed by atoms with Crippen molar-refractivity contribution in [2.24, 2.45) is 5.92 Å². The monoisotopic (exact) mass is 309 g/mol. The molecule has 1 atom stereocenters. The number of carbonyl (C=O) groups excluding carboxylic acids is 2. The molecule has 1 rings (SSSR count). The fraction of sp³-hybridized carbons (Fsp3) is 0.579. The van der Waals surface area contributed by atoms with Gasteiger partial charge in [-0.3, -0.25) is 14.9 Å². The minimum atomic E-state index is -0.204. The van der Waals surface area contributed by atoms with Crippen LogP contribution in [0.4, 0.5) is 0 Å². The largest absolute Gasteiger partial charge is 0.296 e. The third-order valence-corrected chi connectivity index (χ3v) is 2.48. The van der Waals surface area contributed by atoms with Crippen molar-refractivity contribution in [1.29, 1.82) is 0 Å². The summed E-state index contributed by atoms with van der Waals surface area (Å²) >= 11 is 0. The second-order valence-electron chi connectivity index (χ2n) is 3.70. The molecular formula is C19H35NO2. The van der Waals surface area contributed by atoms with Gasteiger partial charge in [0.25, 0.3) is 0 Å². The lowest BCUT2D eigenvalue weighted by Gasteiger charge is -2.21. The van der Waals surface area contributed by atoms with E-state index < -0.39 is 0 Å². The molecule has 22 heavy (non-hydrogen) atoms. The van der Waals surface area contributed by atoms with Gasteiger partial charge in [-0.05, 0) is 25.8 Å². The zero-order valence-electron chi connectivity index (χ0n) is 15.7. The first-order valence-corrected chi connectivity index (χ1v) is 8.48. The van der Waals surface area contributed by atoms with Crippen molar-refractivity contribution < 1.29 is 9.59 Å². The van der Waals surface area contributed by atoms with Gasteiger partial charge in [0.05, 0.1) is 5.92 Å². The normalized spacial score (nSPS) is 17.6. The Bertz CT molecular complexity index is 366. The van der Waals surface area contributed by atoms with Gasteiger partial charge in [0.2, 0.25) is 11.8 Å². The number of rotatable bonds is 3. The van der Waals surface area contributed by atoms with Gasteiger partial charge in [0, 0.05) is 6.42 Å². The lowest BCUT2D eigenvalue weighted by atomic mass is 9.89. The summed E-state index contributed by atoms with van der Waals surface area (Å²) in [6.45, 7) is 15.8. The summed E-state index contributed by atoms with van der Waals surface area (Å²) in [5.74, 6) is -0.567. The average molecular weight is 309 g/mol. The third-order valence-electron chi connectivity index (χ3n) is 2.48. The molecule has 0 spiro atoms. The van der Waals surface area contributed by atoms with E-state index in [1.165, 1.54) is 0 Å². The molecular weight excluding hydrogens is 274 g/mol. The van der Waals surface area contributed by atoms with Crippen LogP contribution in [0.15, 0.2) is 36.0 Å². The number of carbonyl (C=O) groups is 2. The van der Waals surface area contributed by atoms with Crippen molar-refractivity contribution in [2.75, 3.05) is 0 Å². The summed E-state index contributed by atoms with van der Waals surface area (Å²) < 4.78 is 0. The maximum Gasteiger partial charge on any atom is 0.234 e. The minimum Gasteiger partial charge on any atom is -0.296 e. The van der Waals surface area contributed by atoms with Crippen LogP contribution in [0.5, 0.6) is 0 Å². The standard InChI is InChI=1S/C13H17NO2.3C2H6/c1-3-5-7-10(6-4-2)11-8-9-12(15)14-13(11)16;3*1-2/h3-7,11H,8-9H2,1-2H3,(H,14,15,16);3*1-2H3/b5-3-,6-4-,10-7+;;;. The van der Waals surface area contributed by atoms with Crippen molar-refractivity contribution in [3.63, 3.8) is 0 Å². The van der Waals surface area contributed by atoms with Gasteiger partial charge < -0.3 is 0 Å². The van der Waals surface area contributed by atoms with Gasteiger partial charge in [-0.2, -0.15) is 0 Å². The number of hydrogen-bond donors (Lipinski definition) is 1. The van der Waals surface area contributed by atoms with E-state index in [1.807, 2.05) is 85.8 Å². The van der Waals surface area contributed by atoms with Crippen LogP contribution in [-0.4, -0.2) is 11.8 Å². The second kappa shape index (κ2) is 19.4. The van der Waals surface area contributed by atoms with Gasteiger partial charge >= 0.3 is 0 Å². The Morgan fingerprint density at radius 2 is 1.55 bits per heavy atom.